The number of halogens is 1. The second-order valence-corrected chi connectivity index (χ2v) is 7.74. The molecule has 1 unspecified atom stereocenters. The molecule has 6 nitrogen and oxygen atoms in total. The second-order valence-electron chi connectivity index (χ2n) is 7.74. The highest BCUT2D eigenvalue weighted by Gasteiger charge is 2.49. The molecule has 1 fully saturated rings. The first kappa shape index (κ1) is 20.5. The number of nitrogens with zero attached hydrogens (tertiary/aromatic N) is 1. The smallest absolute Gasteiger partial charge is 0.324 e. The number of anilines is 1. The highest BCUT2D eigenvalue weighted by Crippen LogP contribution is 2.30. The largest absolute Gasteiger partial charge is 0.325 e. The summed E-state index contributed by atoms with van der Waals surface area (Å²) in [5.74, 6) is -1.20. The van der Waals surface area contributed by atoms with E-state index >= 15 is 0 Å². The predicted molar refractivity (Wildman–Crippen MR) is 108 cm³/mol. The Hall–Kier alpha value is -3.22. The zero-order chi connectivity index (χ0) is 21.3. The van der Waals surface area contributed by atoms with Crippen LogP contribution in [0, 0.1) is 12.7 Å². The topological polar surface area (TPSA) is 78.5 Å². The van der Waals surface area contributed by atoms with E-state index < -0.39 is 35.7 Å². The maximum atomic E-state index is 13.6. The van der Waals surface area contributed by atoms with Crippen molar-refractivity contribution in [2.45, 2.75) is 39.2 Å². The molecule has 1 aliphatic rings. The van der Waals surface area contributed by atoms with Crippen LogP contribution in [0.3, 0.4) is 0 Å². The molecule has 0 aromatic heterocycles. The lowest BCUT2D eigenvalue weighted by atomic mass is 9.90. The van der Waals surface area contributed by atoms with Crippen LogP contribution in [-0.4, -0.2) is 29.3 Å². The minimum absolute atomic E-state index is 0.261. The van der Waals surface area contributed by atoms with Crippen LogP contribution < -0.4 is 10.6 Å². The normalized spacial score (nSPS) is 18.9. The zero-order valence-corrected chi connectivity index (χ0v) is 16.9. The first-order chi connectivity index (χ1) is 13.6. The van der Waals surface area contributed by atoms with Gasteiger partial charge in [-0.2, -0.15) is 0 Å². The quantitative estimate of drug-likeness (QED) is 0.756. The van der Waals surface area contributed by atoms with Crippen LogP contribution in [0.15, 0.2) is 42.5 Å². The van der Waals surface area contributed by atoms with Gasteiger partial charge < -0.3 is 10.6 Å². The summed E-state index contributed by atoms with van der Waals surface area (Å²) >= 11 is 0. The van der Waals surface area contributed by atoms with Gasteiger partial charge in [0.25, 0.3) is 5.91 Å². The predicted octanol–water partition coefficient (Wildman–Crippen LogP) is 3.66. The number of nitrogens with one attached hydrogen (secondary N) is 2. The minimum Gasteiger partial charge on any atom is -0.324 e. The maximum absolute atomic E-state index is 13.6. The molecule has 3 rings (SSSR count). The summed E-state index contributed by atoms with van der Waals surface area (Å²) in [6.07, 6.45) is 0. The lowest BCUT2D eigenvalue weighted by Gasteiger charge is -2.22. The molecule has 2 aromatic carbocycles. The molecule has 7 heteroatoms. The molecule has 0 bridgehead atoms. The summed E-state index contributed by atoms with van der Waals surface area (Å²) in [5, 5.41) is 5.19. The Morgan fingerprint density at radius 2 is 1.83 bits per heavy atom. The number of amides is 4. The van der Waals surface area contributed by atoms with Crippen LogP contribution in [0.4, 0.5) is 14.9 Å². The van der Waals surface area contributed by atoms with E-state index in [0.29, 0.717) is 17.0 Å². The molecule has 1 atom stereocenters. The summed E-state index contributed by atoms with van der Waals surface area (Å²) in [4.78, 5) is 38.5. The van der Waals surface area contributed by atoms with Gasteiger partial charge >= 0.3 is 6.03 Å². The molecule has 0 radical (unpaired) electrons. The van der Waals surface area contributed by atoms with Gasteiger partial charge in [-0.3, -0.25) is 14.5 Å². The number of urea groups is 1. The van der Waals surface area contributed by atoms with Gasteiger partial charge in [-0.25, -0.2) is 9.18 Å². The number of carbonyl (C=O) groups excluding carboxylic acids is 3. The van der Waals surface area contributed by atoms with Crippen molar-refractivity contribution in [1.82, 2.24) is 10.2 Å². The average molecular weight is 397 g/mol. The molecule has 4 amide bonds. The Balaban J connectivity index is 1.74. The van der Waals surface area contributed by atoms with E-state index in [4.69, 9.17) is 0 Å². The molecule has 2 N–H and O–H groups in total. The van der Waals surface area contributed by atoms with Crippen LogP contribution in [-0.2, 0) is 15.1 Å². The van der Waals surface area contributed by atoms with Crippen LogP contribution in [0.2, 0.25) is 0 Å². The molecule has 29 heavy (non-hydrogen) atoms. The van der Waals surface area contributed by atoms with E-state index in [1.54, 1.807) is 19.9 Å². The summed E-state index contributed by atoms with van der Waals surface area (Å²) in [5.41, 5.74) is 1.23. The van der Waals surface area contributed by atoms with Crippen molar-refractivity contribution >= 4 is 23.5 Å². The monoisotopic (exact) mass is 397 g/mol. The summed E-state index contributed by atoms with van der Waals surface area (Å²) < 4.78 is 13.6. The van der Waals surface area contributed by atoms with Gasteiger partial charge in [-0.15, -0.1) is 0 Å². The zero-order valence-electron chi connectivity index (χ0n) is 16.9. The Morgan fingerprint density at radius 1 is 1.17 bits per heavy atom. The standard InChI is InChI=1S/C22H24FN3O3/c1-13(2)15-6-8-16(9-7-15)22(4)20(28)26(21(29)25-22)12-19(27)24-17-10-5-14(3)18(23)11-17/h5-11,13H,12H2,1-4H3,(H,24,27)(H,25,29). The Labute approximate surface area is 169 Å². The lowest BCUT2D eigenvalue weighted by molar-refractivity contribution is -0.133. The summed E-state index contributed by atoms with van der Waals surface area (Å²) in [7, 11) is 0. The van der Waals surface area contributed by atoms with E-state index in [2.05, 4.69) is 24.5 Å². The third kappa shape index (κ3) is 3.99. The molecular formula is C22H24FN3O3. The number of hydrogen-bond donors (Lipinski definition) is 2. The summed E-state index contributed by atoms with van der Waals surface area (Å²) in [6, 6.07) is 11.1. The first-order valence-corrected chi connectivity index (χ1v) is 9.42. The fraction of sp³-hybridized carbons (Fsp3) is 0.318. The van der Waals surface area contributed by atoms with E-state index in [1.165, 1.54) is 12.1 Å². The van der Waals surface area contributed by atoms with Crippen molar-refractivity contribution in [2.75, 3.05) is 11.9 Å². The first-order valence-electron chi connectivity index (χ1n) is 9.42. The number of carbonyl (C=O) groups is 3. The van der Waals surface area contributed by atoms with Gasteiger partial charge in [0.15, 0.2) is 0 Å². The van der Waals surface area contributed by atoms with E-state index in [1.807, 2.05) is 24.3 Å². The number of hydrogen-bond acceptors (Lipinski definition) is 3. The van der Waals surface area contributed by atoms with Gasteiger partial charge in [0.1, 0.15) is 17.9 Å². The number of aryl methyl sites for hydroxylation is 1. The molecule has 0 spiro atoms. The third-order valence-electron chi connectivity index (χ3n) is 5.19. The van der Waals surface area contributed by atoms with E-state index in [9.17, 15) is 18.8 Å². The van der Waals surface area contributed by atoms with Gasteiger partial charge in [0.05, 0.1) is 0 Å². The second kappa shape index (κ2) is 7.66. The number of rotatable bonds is 5. The number of benzene rings is 2. The Morgan fingerprint density at radius 3 is 2.41 bits per heavy atom. The molecule has 0 aliphatic carbocycles. The lowest BCUT2D eigenvalue weighted by Crippen LogP contribution is -2.42. The van der Waals surface area contributed by atoms with Gasteiger partial charge in [0, 0.05) is 5.69 Å². The van der Waals surface area contributed by atoms with Gasteiger partial charge in [-0.1, -0.05) is 44.2 Å². The molecule has 152 valence electrons. The van der Waals surface area contributed by atoms with Crippen LogP contribution in [0.25, 0.3) is 0 Å². The molecule has 0 saturated carbocycles. The van der Waals surface area contributed by atoms with Crippen molar-refractivity contribution in [3.8, 4) is 0 Å². The SMILES string of the molecule is Cc1ccc(NC(=O)CN2C(=O)NC(C)(c3ccc(C(C)C)cc3)C2=O)cc1F. The number of imide groups is 1. The average Bonchev–Trinajstić information content (AvgIpc) is 2.89. The van der Waals surface area contributed by atoms with Crippen molar-refractivity contribution < 1.29 is 18.8 Å². The maximum Gasteiger partial charge on any atom is 0.325 e. The van der Waals surface area contributed by atoms with E-state index in [-0.39, 0.29) is 5.69 Å². The highest BCUT2D eigenvalue weighted by molar-refractivity contribution is 6.10. The van der Waals surface area contributed by atoms with Crippen molar-refractivity contribution in [3.05, 3.63) is 65.0 Å². The molecule has 1 aliphatic heterocycles. The van der Waals surface area contributed by atoms with Crippen molar-refractivity contribution in [1.29, 1.82) is 0 Å². The summed E-state index contributed by atoms with van der Waals surface area (Å²) in [6.45, 7) is 6.91. The highest BCUT2D eigenvalue weighted by atomic mass is 19.1. The third-order valence-corrected chi connectivity index (χ3v) is 5.19. The van der Waals surface area contributed by atoms with Crippen molar-refractivity contribution in [3.63, 3.8) is 0 Å². The van der Waals surface area contributed by atoms with E-state index in [0.717, 1.165) is 10.5 Å². The fourth-order valence-corrected chi connectivity index (χ4v) is 3.25. The van der Waals surface area contributed by atoms with Crippen LogP contribution in [0.1, 0.15) is 43.4 Å². The van der Waals surface area contributed by atoms with Crippen molar-refractivity contribution in [2.24, 2.45) is 0 Å². The van der Waals surface area contributed by atoms with Gasteiger partial charge in [0.2, 0.25) is 5.91 Å². The van der Waals surface area contributed by atoms with Crippen LogP contribution in [0.5, 0.6) is 0 Å². The van der Waals surface area contributed by atoms with Crippen LogP contribution >= 0.6 is 0 Å². The Bertz CT molecular complexity index is 972. The minimum atomic E-state index is -1.25. The van der Waals surface area contributed by atoms with Gasteiger partial charge in [-0.05, 0) is 48.6 Å². The fourth-order valence-electron chi connectivity index (χ4n) is 3.25. The Kier molecular flexibility index (Phi) is 5.42. The molecular weight excluding hydrogens is 373 g/mol. The molecule has 2 aromatic rings. The molecule has 1 saturated heterocycles. The molecule has 1 heterocycles.